The van der Waals surface area contributed by atoms with Crippen LogP contribution in [0.1, 0.15) is 0 Å². The monoisotopic (exact) mass is 346 g/mol. The molecule has 3 nitrogen and oxygen atoms in total. The minimum Gasteiger partial charge on any atom is -0.308 e. The van der Waals surface area contributed by atoms with Gasteiger partial charge in [0.2, 0.25) is 0 Å². The van der Waals surface area contributed by atoms with Gasteiger partial charge in [-0.1, -0.05) is 12.2 Å². The van der Waals surface area contributed by atoms with Gasteiger partial charge in [-0.05, 0) is 0 Å². The number of rotatable bonds is 0. The molecule has 17 heavy (non-hydrogen) atoms. The molecule has 0 aliphatic carbocycles. The number of thioether (sulfide) groups is 2. The van der Waals surface area contributed by atoms with Crippen molar-refractivity contribution in [3.8, 4) is 0 Å². The Labute approximate surface area is 122 Å². The van der Waals surface area contributed by atoms with Crippen molar-refractivity contribution in [3.05, 3.63) is 3.14 Å². The van der Waals surface area contributed by atoms with E-state index >= 15 is 0 Å². The van der Waals surface area contributed by atoms with Crippen LogP contribution >= 0.6 is 66.0 Å². The van der Waals surface area contributed by atoms with Gasteiger partial charge < -0.3 is 9.05 Å². The van der Waals surface area contributed by atoms with Gasteiger partial charge in [-0.25, -0.2) is 0 Å². The maximum atomic E-state index is 11.8. The molecule has 0 saturated heterocycles. The predicted molar refractivity (Wildman–Crippen MR) is 79.9 cm³/mol. The summed E-state index contributed by atoms with van der Waals surface area (Å²) in [5.74, 6) is 1.55. The molecule has 1 aliphatic rings. The van der Waals surface area contributed by atoms with E-state index < -0.39 is 7.60 Å². The lowest BCUT2D eigenvalue weighted by Crippen LogP contribution is -2.00. The van der Waals surface area contributed by atoms with Crippen molar-refractivity contribution in [1.29, 1.82) is 0 Å². The van der Waals surface area contributed by atoms with Crippen molar-refractivity contribution in [2.45, 2.75) is 8.42 Å². The van der Waals surface area contributed by atoms with E-state index in [9.17, 15) is 4.57 Å². The van der Waals surface area contributed by atoms with Gasteiger partial charge in [0.1, 0.15) is 3.14 Å². The third-order valence-electron chi connectivity index (χ3n) is 1.80. The minimum absolute atomic E-state index is 0.442. The summed E-state index contributed by atoms with van der Waals surface area (Å²) in [6.07, 6.45) is 0. The summed E-state index contributed by atoms with van der Waals surface area (Å²) in [7, 11) is -2.85. The van der Waals surface area contributed by atoms with Gasteiger partial charge in [-0.3, -0.25) is 4.57 Å². The summed E-state index contributed by atoms with van der Waals surface area (Å²) in [5.41, 5.74) is 0. The first-order valence-electron chi connectivity index (χ1n) is 4.83. The molecule has 2 rings (SSSR count). The highest BCUT2D eigenvalue weighted by Gasteiger charge is 2.18. The van der Waals surface area contributed by atoms with Crippen LogP contribution in [0, 0.1) is 3.14 Å². The first-order valence-corrected chi connectivity index (χ1v) is 10.8. The molecule has 2 heterocycles. The highest BCUT2D eigenvalue weighted by atomic mass is 32.2. The van der Waals surface area contributed by atoms with E-state index in [2.05, 4.69) is 0 Å². The van der Waals surface area contributed by atoms with E-state index in [1.807, 2.05) is 0 Å². The lowest BCUT2D eigenvalue weighted by atomic mass is 10.9. The second kappa shape index (κ2) is 6.52. The quantitative estimate of drug-likeness (QED) is 0.505. The summed E-state index contributed by atoms with van der Waals surface area (Å²) >= 11 is 11.9. The molecule has 9 heteroatoms. The van der Waals surface area contributed by atoms with E-state index in [0.717, 1.165) is 14.6 Å². The molecule has 0 atom stereocenters. The van der Waals surface area contributed by atoms with Crippen LogP contribution in [0.25, 0.3) is 0 Å². The highest BCUT2D eigenvalue weighted by molar-refractivity contribution is 8.05. The average Bonchev–Trinajstić information content (AvgIpc) is 2.59. The van der Waals surface area contributed by atoms with Gasteiger partial charge >= 0.3 is 7.60 Å². The summed E-state index contributed by atoms with van der Waals surface area (Å²) in [4.78, 5) is 0. The maximum absolute atomic E-state index is 11.8. The van der Waals surface area contributed by atoms with E-state index in [0.29, 0.717) is 13.2 Å². The Balaban J connectivity index is 2.09. The van der Waals surface area contributed by atoms with Gasteiger partial charge in [0.15, 0.2) is 0 Å². The molecule has 1 aromatic heterocycles. The Bertz CT molecular complexity index is 445. The molecule has 1 aliphatic heterocycles. The first-order chi connectivity index (χ1) is 8.07. The molecule has 0 unspecified atom stereocenters. The largest absolute Gasteiger partial charge is 0.327 e. The molecule has 96 valence electrons. The highest BCUT2D eigenvalue weighted by Crippen LogP contribution is 2.46. The molecule has 0 fully saturated rings. The van der Waals surface area contributed by atoms with Crippen LogP contribution in [-0.2, 0) is 13.6 Å². The third kappa shape index (κ3) is 4.62. The first kappa shape index (κ1) is 14.5. The van der Waals surface area contributed by atoms with Crippen LogP contribution in [0.5, 0.6) is 0 Å². The summed E-state index contributed by atoms with van der Waals surface area (Å²) in [6.45, 7) is 2.41. The summed E-state index contributed by atoms with van der Waals surface area (Å²) in [6, 6.07) is 0. The van der Waals surface area contributed by atoms with Gasteiger partial charge in [0, 0.05) is 18.2 Å². The average molecular weight is 346 g/mol. The Morgan fingerprint density at radius 2 is 1.59 bits per heavy atom. The van der Waals surface area contributed by atoms with Crippen molar-refractivity contribution in [1.82, 2.24) is 0 Å². The van der Waals surface area contributed by atoms with E-state index in [1.165, 1.54) is 15.1 Å². The van der Waals surface area contributed by atoms with Gasteiger partial charge in [-0.15, -0.1) is 46.2 Å². The van der Waals surface area contributed by atoms with Crippen molar-refractivity contribution in [3.63, 3.8) is 0 Å². The molecule has 0 aromatic carbocycles. The lowest BCUT2D eigenvalue weighted by Gasteiger charge is -2.12. The molecule has 0 bridgehead atoms. The number of hydrogen-bond donors (Lipinski definition) is 0. The standard InChI is InChI=1S/C8H11O3PS5/c1-12(9)10-2-4-14-6-7(15-5-3-11-12)17-8(13)16-6/h2-5H2,1H3. The molecule has 0 radical (unpaired) electrons. The van der Waals surface area contributed by atoms with Crippen LogP contribution in [-0.4, -0.2) is 31.4 Å². The molecule has 0 amide bonds. The Hall–Kier alpha value is 1.12. The fourth-order valence-corrected chi connectivity index (χ4v) is 8.20. The van der Waals surface area contributed by atoms with E-state index in [4.69, 9.17) is 21.3 Å². The predicted octanol–water partition coefficient (Wildman–Crippen LogP) is 4.59. The maximum Gasteiger partial charge on any atom is 0.327 e. The van der Waals surface area contributed by atoms with Crippen molar-refractivity contribution in [2.75, 3.05) is 31.4 Å². The zero-order chi connectivity index (χ0) is 12.3. The molecule has 0 spiro atoms. The van der Waals surface area contributed by atoms with Gasteiger partial charge in [-0.2, -0.15) is 0 Å². The minimum atomic E-state index is -2.85. The number of hydrogen-bond acceptors (Lipinski definition) is 8. The van der Waals surface area contributed by atoms with Gasteiger partial charge in [0.05, 0.1) is 21.6 Å². The third-order valence-corrected chi connectivity index (χ3v) is 8.62. The van der Waals surface area contributed by atoms with Crippen molar-refractivity contribution >= 4 is 66.0 Å². The van der Waals surface area contributed by atoms with E-state index in [-0.39, 0.29) is 0 Å². The zero-order valence-corrected chi connectivity index (χ0v) is 14.0. The molecule has 0 N–H and O–H groups in total. The summed E-state index contributed by atoms with van der Waals surface area (Å²) in [5, 5.41) is 0. The lowest BCUT2D eigenvalue weighted by molar-refractivity contribution is 0.228. The molecular formula is C8H11O3PS5. The fraction of sp³-hybridized carbons (Fsp3) is 0.625. The second-order valence-electron chi connectivity index (χ2n) is 3.16. The molecular weight excluding hydrogens is 335 g/mol. The van der Waals surface area contributed by atoms with E-state index in [1.54, 1.807) is 46.2 Å². The fourth-order valence-electron chi connectivity index (χ4n) is 1.14. The topological polar surface area (TPSA) is 35.5 Å². The number of fused-ring (bicyclic) bond motifs is 1. The van der Waals surface area contributed by atoms with Crippen molar-refractivity contribution in [2.24, 2.45) is 0 Å². The van der Waals surface area contributed by atoms with Crippen LogP contribution < -0.4 is 0 Å². The van der Waals surface area contributed by atoms with Crippen molar-refractivity contribution < 1.29 is 13.6 Å². The van der Waals surface area contributed by atoms with Crippen LogP contribution in [0.2, 0.25) is 0 Å². The Morgan fingerprint density at radius 1 is 1.12 bits per heavy atom. The van der Waals surface area contributed by atoms with Gasteiger partial charge in [0.25, 0.3) is 0 Å². The Morgan fingerprint density at radius 3 is 2.06 bits per heavy atom. The van der Waals surface area contributed by atoms with Crippen LogP contribution in [0.4, 0.5) is 0 Å². The normalized spacial score (nSPS) is 21.5. The van der Waals surface area contributed by atoms with Crippen LogP contribution in [0.3, 0.4) is 0 Å². The van der Waals surface area contributed by atoms with Crippen LogP contribution in [0.15, 0.2) is 8.42 Å². The second-order valence-corrected chi connectivity index (χ2v) is 11.2. The smallest absolute Gasteiger partial charge is 0.308 e. The SMILES string of the molecule is CP1(=O)OCCSc2sc(=S)sc2SCCO1. The zero-order valence-electron chi connectivity index (χ0n) is 9.04. The Kier molecular flexibility index (Phi) is 5.57. The molecule has 0 saturated carbocycles. The summed E-state index contributed by atoms with van der Waals surface area (Å²) < 4.78 is 25.8. The molecule has 1 aromatic rings.